The van der Waals surface area contributed by atoms with E-state index < -0.39 is 0 Å². The molecule has 1 fully saturated rings. The quantitative estimate of drug-likeness (QED) is 0.778. The van der Waals surface area contributed by atoms with Crippen LogP contribution in [0.15, 0.2) is 6.33 Å². The van der Waals surface area contributed by atoms with E-state index in [0.29, 0.717) is 11.2 Å². The number of aromatic amines is 1. The van der Waals surface area contributed by atoms with E-state index in [1.165, 1.54) is 25.6 Å². The Morgan fingerprint density at radius 3 is 2.93 bits per heavy atom. The van der Waals surface area contributed by atoms with Gasteiger partial charge < -0.3 is 5.32 Å². The summed E-state index contributed by atoms with van der Waals surface area (Å²) in [6, 6.07) is 0. The first kappa shape index (κ1) is 10.1. The highest BCUT2D eigenvalue weighted by atomic mass is 16.2. The molecule has 1 aliphatic rings. The van der Waals surface area contributed by atoms with Crippen molar-refractivity contribution in [2.75, 3.05) is 6.54 Å². The smallest absolute Gasteiger partial charge is 0.288 e. The number of carbonyl (C=O) groups is 1. The molecule has 1 aromatic heterocycles. The van der Waals surface area contributed by atoms with Gasteiger partial charge in [0.15, 0.2) is 0 Å². The van der Waals surface area contributed by atoms with Gasteiger partial charge in [-0.05, 0) is 24.7 Å². The van der Waals surface area contributed by atoms with Gasteiger partial charge in [0.25, 0.3) is 5.91 Å². The first-order valence-electron chi connectivity index (χ1n) is 5.39. The monoisotopic (exact) mass is 208 g/mol. The van der Waals surface area contributed by atoms with E-state index in [-0.39, 0.29) is 5.91 Å². The second kappa shape index (κ2) is 4.00. The van der Waals surface area contributed by atoms with Gasteiger partial charge in [0.05, 0.1) is 0 Å². The van der Waals surface area contributed by atoms with Crippen molar-refractivity contribution >= 4 is 5.91 Å². The molecule has 0 spiro atoms. The molecule has 1 aliphatic carbocycles. The molecule has 82 valence electrons. The van der Waals surface area contributed by atoms with E-state index in [9.17, 15) is 4.79 Å². The first-order chi connectivity index (χ1) is 7.26. The Labute approximate surface area is 88.7 Å². The van der Waals surface area contributed by atoms with Crippen molar-refractivity contribution in [1.82, 2.24) is 20.5 Å². The van der Waals surface area contributed by atoms with Crippen LogP contribution < -0.4 is 5.32 Å². The summed E-state index contributed by atoms with van der Waals surface area (Å²) in [6.45, 7) is 2.93. The van der Waals surface area contributed by atoms with Crippen LogP contribution in [0.5, 0.6) is 0 Å². The third kappa shape index (κ3) is 2.00. The predicted molar refractivity (Wildman–Crippen MR) is 55.3 cm³/mol. The number of nitrogens with one attached hydrogen (secondary N) is 2. The number of aromatic nitrogens is 3. The molecule has 5 nitrogen and oxygen atoms in total. The van der Waals surface area contributed by atoms with Crippen molar-refractivity contribution in [2.24, 2.45) is 5.41 Å². The lowest BCUT2D eigenvalue weighted by atomic mass is 9.67. The number of hydrogen-bond donors (Lipinski definition) is 2. The number of H-pyrrole nitrogens is 1. The van der Waals surface area contributed by atoms with Crippen LogP contribution >= 0.6 is 0 Å². The predicted octanol–water partition coefficient (Wildman–Crippen LogP) is 1.11. The van der Waals surface area contributed by atoms with Crippen LogP contribution in [0.3, 0.4) is 0 Å². The van der Waals surface area contributed by atoms with Gasteiger partial charge in [-0.2, -0.15) is 5.10 Å². The van der Waals surface area contributed by atoms with Gasteiger partial charge in [-0.1, -0.05) is 13.3 Å². The van der Waals surface area contributed by atoms with E-state index in [4.69, 9.17) is 0 Å². The van der Waals surface area contributed by atoms with Gasteiger partial charge in [0.1, 0.15) is 6.33 Å². The average Bonchev–Trinajstić information content (AvgIpc) is 2.69. The summed E-state index contributed by atoms with van der Waals surface area (Å²) in [6.07, 6.45) is 6.20. The number of hydrogen-bond acceptors (Lipinski definition) is 3. The summed E-state index contributed by atoms with van der Waals surface area (Å²) < 4.78 is 0. The lowest BCUT2D eigenvalue weighted by molar-refractivity contribution is 0.0841. The molecule has 2 N–H and O–H groups in total. The fraction of sp³-hybridized carbons (Fsp3) is 0.700. The molecular formula is C10H16N4O. The summed E-state index contributed by atoms with van der Waals surface area (Å²) in [5.41, 5.74) is 0.343. The van der Waals surface area contributed by atoms with Crippen molar-refractivity contribution in [3.63, 3.8) is 0 Å². The van der Waals surface area contributed by atoms with Crippen molar-refractivity contribution in [1.29, 1.82) is 0 Å². The molecular weight excluding hydrogens is 192 g/mol. The molecule has 0 saturated heterocycles. The van der Waals surface area contributed by atoms with Crippen molar-refractivity contribution in [2.45, 2.75) is 32.6 Å². The van der Waals surface area contributed by atoms with Gasteiger partial charge in [-0.15, -0.1) is 0 Å². The molecule has 1 heterocycles. The highest BCUT2D eigenvalue weighted by molar-refractivity contribution is 5.90. The Kier molecular flexibility index (Phi) is 2.70. The Morgan fingerprint density at radius 1 is 1.67 bits per heavy atom. The Morgan fingerprint density at radius 2 is 2.47 bits per heavy atom. The van der Waals surface area contributed by atoms with Crippen LogP contribution in [0, 0.1) is 5.41 Å². The van der Waals surface area contributed by atoms with Crippen molar-refractivity contribution < 1.29 is 4.79 Å². The Balaban J connectivity index is 1.85. The number of amides is 1. The maximum atomic E-state index is 11.6. The second-order valence-corrected chi connectivity index (χ2v) is 4.22. The molecule has 0 aliphatic heterocycles. The van der Waals surface area contributed by atoms with E-state index >= 15 is 0 Å². The average molecular weight is 208 g/mol. The summed E-state index contributed by atoms with van der Waals surface area (Å²) in [7, 11) is 0. The SMILES string of the molecule is CCC1(CNC(=O)c2ncn[nH]2)CCC1. The van der Waals surface area contributed by atoms with Crippen LogP contribution in [0.1, 0.15) is 43.2 Å². The topological polar surface area (TPSA) is 70.7 Å². The van der Waals surface area contributed by atoms with Crippen molar-refractivity contribution in [3.8, 4) is 0 Å². The van der Waals surface area contributed by atoms with E-state index in [0.717, 1.165) is 13.0 Å². The lowest BCUT2D eigenvalue weighted by Crippen LogP contribution is -2.41. The Bertz CT molecular complexity index is 324. The zero-order valence-electron chi connectivity index (χ0n) is 8.92. The van der Waals surface area contributed by atoms with Crippen LogP contribution in [-0.4, -0.2) is 27.6 Å². The molecule has 0 atom stereocenters. The molecule has 1 saturated carbocycles. The van der Waals surface area contributed by atoms with Crippen LogP contribution in [0.4, 0.5) is 0 Å². The molecule has 15 heavy (non-hydrogen) atoms. The van der Waals surface area contributed by atoms with Crippen LogP contribution in [0.25, 0.3) is 0 Å². The Hall–Kier alpha value is -1.39. The largest absolute Gasteiger partial charge is 0.349 e. The standard InChI is InChI=1S/C10H16N4O/c1-2-10(4-3-5-10)6-11-9(15)8-12-7-13-14-8/h7H,2-6H2,1H3,(H,11,15)(H,12,13,14). The van der Waals surface area contributed by atoms with Crippen LogP contribution in [-0.2, 0) is 0 Å². The highest BCUT2D eigenvalue weighted by Crippen LogP contribution is 2.42. The molecule has 1 aromatic rings. The van der Waals surface area contributed by atoms with Crippen molar-refractivity contribution in [3.05, 3.63) is 12.2 Å². The number of rotatable bonds is 4. The number of nitrogens with zero attached hydrogens (tertiary/aromatic N) is 2. The fourth-order valence-electron chi connectivity index (χ4n) is 2.00. The molecule has 5 heteroatoms. The summed E-state index contributed by atoms with van der Waals surface area (Å²) in [5.74, 6) is 0.132. The second-order valence-electron chi connectivity index (χ2n) is 4.22. The zero-order valence-corrected chi connectivity index (χ0v) is 8.92. The molecule has 1 amide bonds. The third-order valence-corrected chi connectivity index (χ3v) is 3.42. The lowest BCUT2D eigenvalue weighted by Gasteiger charge is -2.41. The summed E-state index contributed by atoms with van der Waals surface area (Å²) >= 11 is 0. The van der Waals surface area contributed by atoms with Gasteiger partial charge in [-0.25, -0.2) is 4.98 Å². The summed E-state index contributed by atoms with van der Waals surface area (Å²) in [4.78, 5) is 15.4. The highest BCUT2D eigenvalue weighted by Gasteiger charge is 2.35. The van der Waals surface area contributed by atoms with Gasteiger partial charge in [-0.3, -0.25) is 9.89 Å². The first-order valence-corrected chi connectivity index (χ1v) is 5.39. The van der Waals surface area contributed by atoms with E-state index in [1.54, 1.807) is 0 Å². The van der Waals surface area contributed by atoms with Gasteiger partial charge >= 0.3 is 0 Å². The number of carbonyl (C=O) groups excluding carboxylic acids is 1. The van der Waals surface area contributed by atoms with E-state index in [2.05, 4.69) is 27.4 Å². The maximum Gasteiger partial charge on any atom is 0.288 e. The normalized spacial score (nSPS) is 18.2. The molecule has 0 unspecified atom stereocenters. The van der Waals surface area contributed by atoms with E-state index in [1.807, 2.05) is 0 Å². The van der Waals surface area contributed by atoms with Gasteiger partial charge in [0.2, 0.25) is 5.82 Å². The minimum absolute atomic E-state index is 0.160. The molecule has 2 rings (SSSR count). The maximum absolute atomic E-state index is 11.6. The zero-order chi connectivity index (χ0) is 10.7. The van der Waals surface area contributed by atoms with Crippen LogP contribution in [0.2, 0.25) is 0 Å². The minimum Gasteiger partial charge on any atom is -0.349 e. The molecule has 0 radical (unpaired) electrons. The van der Waals surface area contributed by atoms with Gasteiger partial charge in [0, 0.05) is 6.54 Å². The molecule has 0 bridgehead atoms. The fourth-order valence-corrected chi connectivity index (χ4v) is 2.00. The summed E-state index contributed by atoms with van der Waals surface area (Å²) in [5, 5.41) is 9.11. The minimum atomic E-state index is -0.160. The third-order valence-electron chi connectivity index (χ3n) is 3.42. The molecule has 0 aromatic carbocycles.